The molecular formula is C17H26N6O2. The number of nitrogens with zero attached hydrogens (tertiary/aromatic N) is 6. The first kappa shape index (κ1) is 17.4. The number of hydrogen-bond acceptors (Lipinski definition) is 5. The number of aryl methyl sites for hydroxylation is 1. The molecule has 3 heterocycles. The van der Waals surface area contributed by atoms with Crippen LogP contribution in [0.5, 0.6) is 0 Å². The van der Waals surface area contributed by atoms with Crippen molar-refractivity contribution in [2.45, 2.75) is 59.5 Å². The normalized spacial score (nSPS) is 17.1. The second kappa shape index (κ2) is 6.50. The molecule has 0 aromatic carbocycles. The molecule has 0 fully saturated rings. The summed E-state index contributed by atoms with van der Waals surface area (Å²) in [5.41, 5.74) is 1.26. The molecule has 0 N–H and O–H groups in total. The van der Waals surface area contributed by atoms with Crippen LogP contribution in [0, 0.1) is 0 Å². The van der Waals surface area contributed by atoms with Gasteiger partial charge < -0.3 is 0 Å². The van der Waals surface area contributed by atoms with E-state index in [0.717, 1.165) is 25.0 Å². The molecule has 0 saturated heterocycles. The van der Waals surface area contributed by atoms with Gasteiger partial charge in [-0.25, -0.2) is 9.80 Å². The Morgan fingerprint density at radius 2 is 1.84 bits per heavy atom. The van der Waals surface area contributed by atoms with Crippen LogP contribution in [-0.4, -0.2) is 30.9 Å². The second-order valence-corrected chi connectivity index (χ2v) is 6.65. The molecular weight excluding hydrogens is 320 g/mol. The van der Waals surface area contributed by atoms with Crippen LogP contribution in [0.1, 0.15) is 53.0 Å². The standard InChI is InChI=1S/C17H26N6O2/c1-6-8-10-21-15(24)13-14(20(5)17(21)25)18-16-22(9-7-2)19-11(3)12(4)23(13)16/h12H,6-10H2,1-5H3. The SMILES string of the molecule is CCCCn1c(=O)c2c(nc3n2C(C)C(C)=NN3CCC)n(C)c1=O. The molecule has 3 rings (SSSR count). The molecule has 0 radical (unpaired) electrons. The first-order valence-electron chi connectivity index (χ1n) is 8.96. The number of hydrogen-bond donors (Lipinski definition) is 0. The van der Waals surface area contributed by atoms with Gasteiger partial charge in [0, 0.05) is 20.1 Å². The zero-order valence-corrected chi connectivity index (χ0v) is 15.6. The third-order valence-electron chi connectivity index (χ3n) is 4.83. The Kier molecular flexibility index (Phi) is 4.53. The Morgan fingerprint density at radius 1 is 1.12 bits per heavy atom. The molecule has 0 bridgehead atoms. The van der Waals surface area contributed by atoms with Gasteiger partial charge in [0.05, 0.1) is 11.8 Å². The molecule has 0 saturated carbocycles. The first-order valence-corrected chi connectivity index (χ1v) is 8.96. The summed E-state index contributed by atoms with van der Waals surface area (Å²) < 4.78 is 4.74. The molecule has 136 valence electrons. The van der Waals surface area contributed by atoms with Crippen molar-refractivity contribution < 1.29 is 0 Å². The highest BCUT2D eigenvalue weighted by Gasteiger charge is 2.30. The summed E-state index contributed by atoms with van der Waals surface area (Å²) >= 11 is 0. The van der Waals surface area contributed by atoms with Crippen LogP contribution in [0.3, 0.4) is 0 Å². The quantitative estimate of drug-likeness (QED) is 0.828. The first-order chi connectivity index (χ1) is 11.9. The third-order valence-corrected chi connectivity index (χ3v) is 4.83. The van der Waals surface area contributed by atoms with Gasteiger partial charge in [-0.2, -0.15) is 10.1 Å². The van der Waals surface area contributed by atoms with Crippen LogP contribution in [0.25, 0.3) is 11.2 Å². The number of anilines is 1. The van der Waals surface area contributed by atoms with Crippen LogP contribution in [0.15, 0.2) is 14.7 Å². The minimum absolute atomic E-state index is 0.0714. The lowest BCUT2D eigenvalue weighted by atomic mass is 10.2. The number of unbranched alkanes of at least 4 members (excludes halogenated alkanes) is 1. The van der Waals surface area contributed by atoms with Gasteiger partial charge in [-0.05, 0) is 26.7 Å². The molecule has 2 aromatic heterocycles. The molecule has 25 heavy (non-hydrogen) atoms. The van der Waals surface area contributed by atoms with Crippen molar-refractivity contribution in [3.8, 4) is 0 Å². The van der Waals surface area contributed by atoms with Crippen LogP contribution in [0.4, 0.5) is 5.95 Å². The lowest BCUT2D eigenvalue weighted by molar-refractivity contribution is 0.562. The Bertz CT molecular complexity index is 949. The minimum Gasteiger partial charge on any atom is -0.294 e. The van der Waals surface area contributed by atoms with E-state index in [2.05, 4.69) is 17.0 Å². The van der Waals surface area contributed by atoms with Crippen LogP contribution < -0.4 is 16.3 Å². The Morgan fingerprint density at radius 3 is 2.48 bits per heavy atom. The molecule has 2 aromatic rings. The van der Waals surface area contributed by atoms with Gasteiger partial charge in [0.1, 0.15) is 0 Å². The summed E-state index contributed by atoms with van der Waals surface area (Å²) in [5.74, 6) is 0.635. The molecule has 1 aliphatic rings. The fourth-order valence-corrected chi connectivity index (χ4v) is 3.26. The van der Waals surface area contributed by atoms with Crippen molar-refractivity contribution in [2.24, 2.45) is 12.1 Å². The zero-order valence-electron chi connectivity index (χ0n) is 15.6. The van der Waals surface area contributed by atoms with E-state index in [-0.39, 0.29) is 17.3 Å². The highest BCUT2D eigenvalue weighted by Crippen LogP contribution is 2.29. The average Bonchev–Trinajstić information content (AvgIpc) is 2.99. The van der Waals surface area contributed by atoms with E-state index in [1.54, 1.807) is 7.05 Å². The summed E-state index contributed by atoms with van der Waals surface area (Å²) in [6.45, 7) is 9.22. The van der Waals surface area contributed by atoms with Crippen molar-refractivity contribution in [3.05, 3.63) is 20.8 Å². The fourth-order valence-electron chi connectivity index (χ4n) is 3.26. The molecule has 8 nitrogen and oxygen atoms in total. The van der Waals surface area contributed by atoms with Crippen LogP contribution >= 0.6 is 0 Å². The van der Waals surface area contributed by atoms with Crippen molar-refractivity contribution in [3.63, 3.8) is 0 Å². The molecule has 1 unspecified atom stereocenters. The predicted octanol–water partition coefficient (Wildman–Crippen LogP) is 1.86. The molecule has 1 aliphatic heterocycles. The number of hydrazone groups is 1. The number of aromatic nitrogens is 4. The summed E-state index contributed by atoms with van der Waals surface area (Å²) in [6, 6.07) is -0.0714. The topological polar surface area (TPSA) is 77.4 Å². The van der Waals surface area contributed by atoms with Gasteiger partial charge in [-0.1, -0.05) is 20.3 Å². The van der Waals surface area contributed by atoms with Gasteiger partial charge in [0.25, 0.3) is 5.56 Å². The highest BCUT2D eigenvalue weighted by molar-refractivity contribution is 5.90. The highest BCUT2D eigenvalue weighted by atomic mass is 16.2. The van der Waals surface area contributed by atoms with Crippen molar-refractivity contribution >= 4 is 22.8 Å². The third kappa shape index (κ3) is 2.60. The van der Waals surface area contributed by atoms with Crippen molar-refractivity contribution in [2.75, 3.05) is 11.6 Å². The fraction of sp³-hybridized carbons (Fsp3) is 0.647. The largest absolute Gasteiger partial charge is 0.332 e. The van der Waals surface area contributed by atoms with Gasteiger partial charge in [0.2, 0.25) is 5.95 Å². The lowest BCUT2D eigenvalue weighted by Crippen LogP contribution is -2.40. The maximum absolute atomic E-state index is 13.1. The molecule has 1 atom stereocenters. The Balaban J connectivity index is 2.34. The van der Waals surface area contributed by atoms with Crippen molar-refractivity contribution in [1.29, 1.82) is 0 Å². The van der Waals surface area contributed by atoms with Gasteiger partial charge in [-0.15, -0.1) is 0 Å². The van der Waals surface area contributed by atoms with E-state index in [9.17, 15) is 9.59 Å². The van der Waals surface area contributed by atoms with Crippen molar-refractivity contribution in [1.82, 2.24) is 18.7 Å². The lowest BCUT2D eigenvalue weighted by Gasteiger charge is -2.28. The summed E-state index contributed by atoms with van der Waals surface area (Å²) in [6.07, 6.45) is 2.62. The van der Waals surface area contributed by atoms with E-state index in [1.807, 2.05) is 30.3 Å². The summed E-state index contributed by atoms with van der Waals surface area (Å²) in [5, 5.41) is 6.44. The summed E-state index contributed by atoms with van der Waals surface area (Å²) in [4.78, 5) is 30.3. The molecule has 0 spiro atoms. The van der Waals surface area contributed by atoms with E-state index in [1.165, 1.54) is 9.13 Å². The van der Waals surface area contributed by atoms with Gasteiger partial charge in [0.15, 0.2) is 11.2 Å². The molecule has 0 aliphatic carbocycles. The zero-order chi connectivity index (χ0) is 18.3. The van der Waals surface area contributed by atoms with Gasteiger partial charge >= 0.3 is 5.69 Å². The van der Waals surface area contributed by atoms with Gasteiger partial charge in [-0.3, -0.25) is 18.5 Å². The van der Waals surface area contributed by atoms with E-state index in [4.69, 9.17) is 0 Å². The number of imidazole rings is 1. The molecule has 0 amide bonds. The smallest absolute Gasteiger partial charge is 0.294 e. The van der Waals surface area contributed by atoms with E-state index >= 15 is 0 Å². The van der Waals surface area contributed by atoms with E-state index in [0.29, 0.717) is 30.2 Å². The van der Waals surface area contributed by atoms with E-state index < -0.39 is 0 Å². The molecule has 8 heteroatoms. The minimum atomic E-state index is -0.311. The monoisotopic (exact) mass is 346 g/mol. The maximum atomic E-state index is 13.1. The average molecular weight is 346 g/mol. The Labute approximate surface area is 146 Å². The van der Waals surface area contributed by atoms with Crippen LogP contribution in [-0.2, 0) is 13.6 Å². The Hall–Kier alpha value is -2.38. The second-order valence-electron chi connectivity index (χ2n) is 6.65. The van der Waals surface area contributed by atoms with Crippen LogP contribution in [0.2, 0.25) is 0 Å². The maximum Gasteiger partial charge on any atom is 0.332 e. The predicted molar refractivity (Wildman–Crippen MR) is 99.6 cm³/mol. The summed E-state index contributed by atoms with van der Waals surface area (Å²) in [7, 11) is 1.67. The number of rotatable bonds is 5. The number of fused-ring (bicyclic) bond motifs is 3.